The quantitative estimate of drug-likeness (QED) is 0.820. The van der Waals surface area contributed by atoms with Crippen molar-refractivity contribution in [2.45, 2.75) is 32.4 Å². The molecule has 0 radical (unpaired) electrons. The molecule has 1 aromatic rings. The number of morpholine rings is 1. The second-order valence-electron chi connectivity index (χ2n) is 4.60. The molecule has 100 valence electrons. The Kier molecular flexibility index (Phi) is 4.66. The Balaban J connectivity index is 2.00. The monoisotopic (exact) mass is 255 g/mol. The first-order valence-corrected chi connectivity index (χ1v) is 6.39. The molecule has 0 spiro atoms. The number of benzene rings is 1. The van der Waals surface area contributed by atoms with Gasteiger partial charge in [-0.2, -0.15) is 0 Å². The zero-order valence-corrected chi connectivity index (χ0v) is 10.6. The molecule has 0 aliphatic carbocycles. The van der Waals surface area contributed by atoms with Gasteiger partial charge in [-0.3, -0.25) is 4.90 Å². The van der Waals surface area contributed by atoms with Gasteiger partial charge in [-0.25, -0.2) is 8.78 Å². The third kappa shape index (κ3) is 3.27. The van der Waals surface area contributed by atoms with Crippen molar-refractivity contribution in [1.29, 1.82) is 0 Å². The number of halogens is 2. The van der Waals surface area contributed by atoms with E-state index in [-0.39, 0.29) is 0 Å². The smallest absolute Gasteiger partial charge is 0.265 e. The van der Waals surface area contributed by atoms with Crippen LogP contribution < -0.4 is 0 Å². The van der Waals surface area contributed by atoms with Gasteiger partial charge < -0.3 is 4.74 Å². The van der Waals surface area contributed by atoms with Gasteiger partial charge in [0.05, 0.1) is 6.61 Å². The van der Waals surface area contributed by atoms with Gasteiger partial charge in [0.2, 0.25) is 0 Å². The summed E-state index contributed by atoms with van der Waals surface area (Å²) in [5, 5.41) is 0. The first kappa shape index (κ1) is 13.4. The van der Waals surface area contributed by atoms with Crippen LogP contribution in [0, 0.1) is 0 Å². The minimum absolute atomic E-state index is 0.315. The highest BCUT2D eigenvalue weighted by molar-refractivity contribution is 5.26. The van der Waals surface area contributed by atoms with Gasteiger partial charge in [0.25, 0.3) is 6.43 Å². The molecule has 2 rings (SSSR count). The van der Waals surface area contributed by atoms with E-state index in [1.807, 2.05) is 12.1 Å². The zero-order chi connectivity index (χ0) is 13.0. The summed E-state index contributed by atoms with van der Waals surface area (Å²) in [5.74, 6) is 0. The third-order valence-corrected chi connectivity index (χ3v) is 3.35. The van der Waals surface area contributed by atoms with E-state index in [9.17, 15) is 8.78 Å². The standard InChI is InChI=1S/C14H19F2NO/c1-2-11-5-3-4-6-12(11)9-17-7-8-18-13(10-17)14(15)16/h3-6,13-14H,2,7-10H2,1H3. The van der Waals surface area contributed by atoms with Crippen LogP contribution in [0.4, 0.5) is 8.78 Å². The van der Waals surface area contributed by atoms with Crippen LogP contribution >= 0.6 is 0 Å². The number of hydrogen-bond donors (Lipinski definition) is 0. The van der Waals surface area contributed by atoms with Crippen molar-refractivity contribution in [3.8, 4) is 0 Å². The first-order chi connectivity index (χ1) is 8.70. The summed E-state index contributed by atoms with van der Waals surface area (Å²) in [7, 11) is 0. The normalized spacial score (nSPS) is 21.4. The highest BCUT2D eigenvalue weighted by atomic mass is 19.3. The van der Waals surface area contributed by atoms with Crippen molar-refractivity contribution < 1.29 is 13.5 Å². The van der Waals surface area contributed by atoms with E-state index in [4.69, 9.17) is 4.74 Å². The molecule has 1 saturated heterocycles. The van der Waals surface area contributed by atoms with Crippen LogP contribution in [0.5, 0.6) is 0 Å². The topological polar surface area (TPSA) is 12.5 Å². The van der Waals surface area contributed by atoms with E-state index in [0.29, 0.717) is 13.2 Å². The molecular weight excluding hydrogens is 236 g/mol. The fourth-order valence-electron chi connectivity index (χ4n) is 2.33. The molecule has 1 unspecified atom stereocenters. The van der Waals surface area contributed by atoms with Crippen molar-refractivity contribution in [2.75, 3.05) is 19.7 Å². The molecule has 0 saturated carbocycles. The molecule has 1 fully saturated rings. The van der Waals surface area contributed by atoms with E-state index in [0.717, 1.165) is 19.5 Å². The Labute approximate surface area is 107 Å². The molecule has 2 nitrogen and oxygen atoms in total. The molecule has 0 aromatic heterocycles. The van der Waals surface area contributed by atoms with E-state index in [2.05, 4.69) is 24.0 Å². The highest BCUT2D eigenvalue weighted by Gasteiger charge is 2.27. The summed E-state index contributed by atoms with van der Waals surface area (Å²) in [4.78, 5) is 2.05. The van der Waals surface area contributed by atoms with Crippen molar-refractivity contribution in [2.24, 2.45) is 0 Å². The van der Waals surface area contributed by atoms with Gasteiger partial charge in [0, 0.05) is 19.6 Å². The summed E-state index contributed by atoms with van der Waals surface area (Å²) in [6, 6.07) is 8.19. The van der Waals surface area contributed by atoms with Crippen molar-refractivity contribution in [3.05, 3.63) is 35.4 Å². The summed E-state index contributed by atoms with van der Waals surface area (Å²) in [6.45, 7) is 4.27. The van der Waals surface area contributed by atoms with Crippen LogP contribution in [-0.4, -0.2) is 37.1 Å². The molecule has 1 heterocycles. The van der Waals surface area contributed by atoms with Gasteiger partial charge in [-0.05, 0) is 17.5 Å². The summed E-state index contributed by atoms with van der Waals surface area (Å²) >= 11 is 0. The number of aryl methyl sites for hydroxylation is 1. The molecule has 1 aliphatic rings. The Morgan fingerprint density at radius 1 is 1.33 bits per heavy atom. The minimum atomic E-state index is -2.39. The van der Waals surface area contributed by atoms with Crippen LogP contribution in [0.15, 0.2) is 24.3 Å². The fraction of sp³-hybridized carbons (Fsp3) is 0.571. The predicted molar refractivity (Wildman–Crippen MR) is 66.8 cm³/mol. The Bertz CT molecular complexity index is 384. The van der Waals surface area contributed by atoms with E-state index in [1.165, 1.54) is 11.1 Å². The lowest BCUT2D eigenvalue weighted by Crippen LogP contribution is -2.45. The lowest BCUT2D eigenvalue weighted by molar-refractivity contribution is -0.104. The Morgan fingerprint density at radius 2 is 2.06 bits per heavy atom. The maximum Gasteiger partial charge on any atom is 0.265 e. The van der Waals surface area contributed by atoms with Crippen LogP contribution in [0.2, 0.25) is 0 Å². The van der Waals surface area contributed by atoms with Crippen LogP contribution in [0.3, 0.4) is 0 Å². The van der Waals surface area contributed by atoms with Crippen LogP contribution in [-0.2, 0) is 17.7 Å². The molecule has 18 heavy (non-hydrogen) atoms. The second-order valence-corrected chi connectivity index (χ2v) is 4.60. The van der Waals surface area contributed by atoms with Crippen LogP contribution in [0.1, 0.15) is 18.1 Å². The number of nitrogens with zero attached hydrogens (tertiary/aromatic N) is 1. The maximum absolute atomic E-state index is 12.6. The van der Waals surface area contributed by atoms with E-state index < -0.39 is 12.5 Å². The van der Waals surface area contributed by atoms with Gasteiger partial charge in [0.1, 0.15) is 6.10 Å². The Hall–Kier alpha value is -1.00. The van der Waals surface area contributed by atoms with Gasteiger partial charge in [-0.1, -0.05) is 31.2 Å². The largest absolute Gasteiger partial charge is 0.370 e. The molecule has 0 bridgehead atoms. The molecule has 1 aromatic carbocycles. The van der Waals surface area contributed by atoms with Gasteiger partial charge in [0.15, 0.2) is 0 Å². The molecule has 4 heteroatoms. The van der Waals surface area contributed by atoms with E-state index in [1.54, 1.807) is 0 Å². The SMILES string of the molecule is CCc1ccccc1CN1CCOC(C(F)F)C1. The van der Waals surface area contributed by atoms with Gasteiger partial charge >= 0.3 is 0 Å². The first-order valence-electron chi connectivity index (χ1n) is 6.39. The number of rotatable bonds is 4. The average molecular weight is 255 g/mol. The lowest BCUT2D eigenvalue weighted by Gasteiger charge is -2.32. The second kappa shape index (κ2) is 6.25. The van der Waals surface area contributed by atoms with Crippen molar-refractivity contribution in [3.63, 3.8) is 0 Å². The number of alkyl halides is 2. The van der Waals surface area contributed by atoms with E-state index >= 15 is 0 Å². The molecule has 0 amide bonds. The summed E-state index contributed by atoms with van der Waals surface area (Å²) in [5.41, 5.74) is 2.52. The van der Waals surface area contributed by atoms with Crippen LogP contribution in [0.25, 0.3) is 0 Å². The molecular formula is C14H19F2NO. The molecule has 0 N–H and O–H groups in total. The lowest BCUT2D eigenvalue weighted by atomic mass is 10.0. The Morgan fingerprint density at radius 3 is 2.72 bits per heavy atom. The fourth-order valence-corrected chi connectivity index (χ4v) is 2.33. The van der Waals surface area contributed by atoms with Crippen molar-refractivity contribution in [1.82, 2.24) is 4.90 Å². The number of hydrogen-bond acceptors (Lipinski definition) is 2. The summed E-state index contributed by atoms with van der Waals surface area (Å²) in [6.07, 6.45) is -2.36. The van der Waals surface area contributed by atoms with Gasteiger partial charge in [-0.15, -0.1) is 0 Å². The average Bonchev–Trinajstić information content (AvgIpc) is 2.39. The van der Waals surface area contributed by atoms with Crippen molar-refractivity contribution >= 4 is 0 Å². The predicted octanol–water partition coefficient (Wildman–Crippen LogP) is 2.71. The summed E-state index contributed by atoms with van der Waals surface area (Å²) < 4.78 is 30.3. The highest BCUT2D eigenvalue weighted by Crippen LogP contribution is 2.17. The third-order valence-electron chi connectivity index (χ3n) is 3.35. The molecule has 1 atom stereocenters. The molecule has 1 aliphatic heterocycles. The minimum Gasteiger partial charge on any atom is -0.370 e. The number of ether oxygens (including phenoxy) is 1. The zero-order valence-electron chi connectivity index (χ0n) is 10.6. The maximum atomic E-state index is 12.6.